The second-order valence-electron chi connectivity index (χ2n) is 2.94. The Morgan fingerprint density at radius 3 is 2.40 bits per heavy atom. The molecule has 1 aliphatic carbocycles. The van der Waals surface area contributed by atoms with Crippen LogP contribution in [0.2, 0.25) is 0 Å². The number of rotatable bonds is 4. The summed E-state index contributed by atoms with van der Waals surface area (Å²) in [6, 6.07) is 0. The molecule has 0 aromatic carbocycles. The van der Waals surface area contributed by atoms with E-state index in [0.717, 1.165) is 12.8 Å². The van der Waals surface area contributed by atoms with Crippen molar-refractivity contribution in [2.75, 3.05) is 12.4 Å². The third-order valence-electron chi connectivity index (χ3n) is 2.03. The molecule has 1 aliphatic rings. The van der Waals surface area contributed by atoms with E-state index in [1.165, 1.54) is 0 Å². The summed E-state index contributed by atoms with van der Waals surface area (Å²) in [5, 5.41) is 8.57. The minimum absolute atomic E-state index is 0.0222. The Bertz CT molecular complexity index is 142. The lowest BCUT2D eigenvalue weighted by Crippen LogP contribution is -2.12. The van der Waals surface area contributed by atoms with Crippen LogP contribution in [-0.2, 0) is 11.1 Å². The SMILES string of the molecule is O=S(O)CC1(CCO)CC1. The van der Waals surface area contributed by atoms with Crippen LogP contribution in [0.1, 0.15) is 19.3 Å². The Balaban J connectivity index is 2.30. The Morgan fingerprint density at radius 1 is 1.50 bits per heavy atom. The normalized spacial score (nSPS) is 24.2. The third-order valence-corrected chi connectivity index (χ3v) is 2.89. The van der Waals surface area contributed by atoms with Gasteiger partial charge in [0.1, 0.15) is 0 Å². The average molecular weight is 164 g/mol. The molecule has 1 atom stereocenters. The lowest BCUT2D eigenvalue weighted by molar-refractivity contribution is 0.256. The fraction of sp³-hybridized carbons (Fsp3) is 1.00. The van der Waals surface area contributed by atoms with Crippen molar-refractivity contribution in [1.29, 1.82) is 0 Å². The fourth-order valence-corrected chi connectivity index (χ4v) is 2.10. The summed E-state index contributed by atoms with van der Waals surface area (Å²) in [6.45, 7) is 0.136. The van der Waals surface area contributed by atoms with Crippen LogP contribution in [0.3, 0.4) is 0 Å². The van der Waals surface area contributed by atoms with E-state index in [1.807, 2.05) is 0 Å². The maximum absolute atomic E-state index is 10.4. The molecule has 0 bridgehead atoms. The summed E-state index contributed by atoms with van der Waals surface area (Å²) in [5.41, 5.74) is 0.0222. The quantitative estimate of drug-likeness (QED) is 0.590. The van der Waals surface area contributed by atoms with Crippen molar-refractivity contribution >= 4 is 11.1 Å². The van der Waals surface area contributed by atoms with Crippen LogP contribution in [0, 0.1) is 5.41 Å². The van der Waals surface area contributed by atoms with Gasteiger partial charge in [-0.2, -0.15) is 0 Å². The van der Waals surface area contributed by atoms with E-state index >= 15 is 0 Å². The predicted molar refractivity (Wildman–Crippen MR) is 39.0 cm³/mol. The monoisotopic (exact) mass is 164 g/mol. The summed E-state index contributed by atoms with van der Waals surface area (Å²) in [6.07, 6.45) is 2.68. The summed E-state index contributed by atoms with van der Waals surface area (Å²) in [5.74, 6) is 0.341. The summed E-state index contributed by atoms with van der Waals surface area (Å²) in [4.78, 5) is 0. The van der Waals surface area contributed by atoms with E-state index in [2.05, 4.69) is 0 Å². The second kappa shape index (κ2) is 2.98. The third kappa shape index (κ3) is 2.04. The molecule has 0 aliphatic heterocycles. The predicted octanol–water partition coefficient (Wildman–Crippen LogP) is 0.371. The van der Waals surface area contributed by atoms with Gasteiger partial charge in [-0.3, -0.25) is 0 Å². The van der Waals surface area contributed by atoms with Crippen LogP contribution in [0.15, 0.2) is 0 Å². The van der Waals surface area contributed by atoms with Gasteiger partial charge in [-0.15, -0.1) is 0 Å². The molecule has 0 spiro atoms. The summed E-state index contributed by atoms with van der Waals surface area (Å²) in [7, 11) is 0. The van der Waals surface area contributed by atoms with Gasteiger partial charge in [0.05, 0.1) is 5.75 Å². The molecule has 1 rings (SSSR count). The molecular weight excluding hydrogens is 152 g/mol. The highest BCUT2D eigenvalue weighted by molar-refractivity contribution is 7.79. The second-order valence-corrected chi connectivity index (χ2v) is 3.87. The Morgan fingerprint density at radius 2 is 2.10 bits per heavy atom. The molecule has 0 aromatic rings. The minimum Gasteiger partial charge on any atom is -0.396 e. The van der Waals surface area contributed by atoms with Gasteiger partial charge in [0, 0.05) is 6.61 Å². The van der Waals surface area contributed by atoms with E-state index in [4.69, 9.17) is 9.66 Å². The molecule has 0 aromatic heterocycles. The standard InChI is InChI=1S/C6H12O3S/c7-4-3-6(1-2-6)5-10(8)9/h7H,1-5H2,(H,8,9). The molecule has 0 amide bonds. The molecule has 4 heteroatoms. The van der Waals surface area contributed by atoms with Crippen LogP contribution in [-0.4, -0.2) is 26.2 Å². The molecular formula is C6H12O3S. The van der Waals surface area contributed by atoms with Crippen molar-refractivity contribution in [2.45, 2.75) is 19.3 Å². The molecule has 2 N–H and O–H groups in total. The zero-order valence-electron chi connectivity index (χ0n) is 5.75. The largest absolute Gasteiger partial charge is 0.396 e. The first kappa shape index (κ1) is 8.17. The molecule has 0 radical (unpaired) electrons. The molecule has 60 valence electrons. The molecule has 1 fully saturated rings. The lowest BCUT2D eigenvalue weighted by Gasteiger charge is -2.08. The van der Waals surface area contributed by atoms with E-state index in [1.54, 1.807) is 0 Å². The number of aliphatic hydroxyl groups is 1. The molecule has 10 heavy (non-hydrogen) atoms. The fourth-order valence-electron chi connectivity index (χ4n) is 1.14. The topological polar surface area (TPSA) is 57.5 Å². The van der Waals surface area contributed by atoms with Crippen molar-refractivity contribution in [3.63, 3.8) is 0 Å². The maximum Gasteiger partial charge on any atom is 0.153 e. The highest BCUT2D eigenvalue weighted by Gasteiger charge is 2.43. The van der Waals surface area contributed by atoms with Crippen LogP contribution < -0.4 is 0 Å². The van der Waals surface area contributed by atoms with E-state index in [-0.39, 0.29) is 12.0 Å². The van der Waals surface area contributed by atoms with Crippen molar-refractivity contribution in [3.05, 3.63) is 0 Å². The van der Waals surface area contributed by atoms with Crippen molar-refractivity contribution < 1.29 is 13.9 Å². The van der Waals surface area contributed by atoms with E-state index in [9.17, 15) is 4.21 Å². The van der Waals surface area contributed by atoms with E-state index in [0.29, 0.717) is 12.2 Å². The Hall–Kier alpha value is 0.0700. The number of hydrogen-bond acceptors (Lipinski definition) is 2. The zero-order valence-corrected chi connectivity index (χ0v) is 6.56. The van der Waals surface area contributed by atoms with Crippen molar-refractivity contribution in [3.8, 4) is 0 Å². The van der Waals surface area contributed by atoms with Gasteiger partial charge in [0.15, 0.2) is 11.1 Å². The van der Waals surface area contributed by atoms with E-state index < -0.39 is 11.1 Å². The van der Waals surface area contributed by atoms with Gasteiger partial charge in [-0.05, 0) is 24.7 Å². The van der Waals surface area contributed by atoms with Crippen LogP contribution >= 0.6 is 0 Å². The van der Waals surface area contributed by atoms with Gasteiger partial charge in [0.2, 0.25) is 0 Å². The van der Waals surface area contributed by atoms with Crippen LogP contribution in [0.5, 0.6) is 0 Å². The zero-order chi connectivity index (χ0) is 7.61. The first-order valence-electron chi connectivity index (χ1n) is 3.37. The molecule has 1 unspecified atom stereocenters. The number of hydrogen-bond donors (Lipinski definition) is 2. The molecule has 0 heterocycles. The Labute approximate surface area is 62.7 Å². The highest BCUT2D eigenvalue weighted by Crippen LogP contribution is 2.48. The number of aliphatic hydroxyl groups excluding tert-OH is 1. The van der Waals surface area contributed by atoms with Gasteiger partial charge >= 0.3 is 0 Å². The smallest absolute Gasteiger partial charge is 0.153 e. The highest BCUT2D eigenvalue weighted by atomic mass is 32.2. The van der Waals surface area contributed by atoms with Gasteiger partial charge in [-0.1, -0.05) is 0 Å². The molecule has 1 saturated carbocycles. The van der Waals surface area contributed by atoms with Gasteiger partial charge < -0.3 is 9.66 Å². The lowest BCUT2D eigenvalue weighted by atomic mass is 10.1. The molecule has 0 saturated heterocycles. The van der Waals surface area contributed by atoms with Crippen molar-refractivity contribution in [2.24, 2.45) is 5.41 Å². The van der Waals surface area contributed by atoms with Gasteiger partial charge in [-0.25, -0.2) is 4.21 Å². The van der Waals surface area contributed by atoms with Crippen LogP contribution in [0.4, 0.5) is 0 Å². The first-order valence-corrected chi connectivity index (χ1v) is 4.64. The average Bonchev–Trinajstić information content (AvgIpc) is 2.47. The minimum atomic E-state index is -1.69. The maximum atomic E-state index is 10.4. The van der Waals surface area contributed by atoms with Crippen LogP contribution in [0.25, 0.3) is 0 Å². The Kier molecular flexibility index (Phi) is 2.44. The first-order chi connectivity index (χ1) is 4.68. The molecule has 3 nitrogen and oxygen atoms in total. The van der Waals surface area contributed by atoms with Crippen molar-refractivity contribution in [1.82, 2.24) is 0 Å². The summed E-state index contributed by atoms with van der Waals surface area (Å²) < 4.78 is 18.9. The summed E-state index contributed by atoms with van der Waals surface area (Å²) >= 11 is -1.69. The van der Waals surface area contributed by atoms with Gasteiger partial charge in [0.25, 0.3) is 0 Å².